The summed E-state index contributed by atoms with van der Waals surface area (Å²) in [4.78, 5) is 56.8. The van der Waals surface area contributed by atoms with Crippen LogP contribution in [0.15, 0.2) is 0 Å². The van der Waals surface area contributed by atoms with Crippen molar-refractivity contribution < 1.29 is 34.2 Å². The molecule has 4 amide bonds. The average molecular weight is 361 g/mol. The molecule has 9 N–H and O–H groups in total. The molecular formula is C13H23N5O7. The van der Waals surface area contributed by atoms with Crippen LogP contribution in [0.3, 0.4) is 0 Å². The third kappa shape index (κ3) is 8.08. The molecule has 0 radical (unpaired) electrons. The van der Waals surface area contributed by atoms with Crippen molar-refractivity contribution in [2.24, 2.45) is 11.5 Å². The Bertz CT molecular complexity index is 539. The highest BCUT2D eigenvalue weighted by Crippen LogP contribution is 1.93. The number of hydrogen-bond acceptors (Lipinski definition) is 7. The lowest BCUT2D eigenvalue weighted by atomic mass is 10.1. The summed E-state index contributed by atoms with van der Waals surface area (Å²) in [5.41, 5.74) is 10.3. The van der Waals surface area contributed by atoms with Gasteiger partial charge in [-0.25, -0.2) is 0 Å². The van der Waals surface area contributed by atoms with Crippen molar-refractivity contribution in [1.82, 2.24) is 16.0 Å². The summed E-state index contributed by atoms with van der Waals surface area (Å²) < 4.78 is 0. The zero-order valence-corrected chi connectivity index (χ0v) is 13.8. The van der Waals surface area contributed by atoms with Crippen LogP contribution in [0.25, 0.3) is 0 Å². The van der Waals surface area contributed by atoms with E-state index in [1.54, 1.807) is 0 Å². The Labute approximate surface area is 143 Å². The Kier molecular flexibility index (Phi) is 9.09. The lowest BCUT2D eigenvalue weighted by Crippen LogP contribution is -2.57. The number of nitrogens with two attached hydrogens (primary N) is 2. The lowest BCUT2D eigenvalue weighted by Gasteiger charge is -2.21. The van der Waals surface area contributed by atoms with Gasteiger partial charge in [0.1, 0.15) is 18.1 Å². The number of amides is 4. The smallest absolute Gasteiger partial charge is 0.325 e. The van der Waals surface area contributed by atoms with Crippen molar-refractivity contribution in [3.8, 4) is 0 Å². The third-order valence-electron chi connectivity index (χ3n) is 3.05. The van der Waals surface area contributed by atoms with E-state index in [1.165, 1.54) is 13.8 Å². The summed E-state index contributed by atoms with van der Waals surface area (Å²) in [5.74, 6) is -4.61. The number of carboxylic acids is 1. The van der Waals surface area contributed by atoms with Crippen LogP contribution in [-0.2, 0) is 24.0 Å². The largest absolute Gasteiger partial charge is 0.480 e. The van der Waals surface area contributed by atoms with Crippen LogP contribution in [0.4, 0.5) is 0 Å². The van der Waals surface area contributed by atoms with Crippen LogP contribution in [0.2, 0.25) is 0 Å². The summed E-state index contributed by atoms with van der Waals surface area (Å²) in [5, 5.41) is 24.3. The zero-order valence-electron chi connectivity index (χ0n) is 13.8. The van der Waals surface area contributed by atoms with E-state index in [4.69, 9.17) is 21.7 Å². The molecule has 0 aromatic rings. The van der Waals surface area contributed by atoms with E-state index in [0.717, 1.165) is 0 Å². The van der Waals surface area contributed by atoms with E-state index >= 15 is 0 Å². The number of aliphatic hydroxyl groups is 1. The molecule has 0 aliphatic rings. The fourth-order valence-electron chi connectivity index (χ4n) is 1.56. The van der Waals surface area contributed by atoms with Gasteiger partial charge in [0.05, 0.1) is 19.1 Å². The molecule has 0 rings (SSSR count). The number of hydrogen-bond donors (Lipinski definition) is 7. The van der Waals surface area contributed by atoms with E-state index in [0.29, 0.717) is 0 Å². The highest BCUT2D eigenvalue weighted by molar-refractivity contribution is 5.94. The first-order chi connectivity index (χ1) is 11.5. The Morgan fingerprint density at radius 3 is 1.88 bits per heavy atom. The van der Waals surface area contributed by atoms with Crippen LogP contribution in [0, 0.1) is 0 Å². The van der Waals surface area contributed by atoms with Crippen LogP contribution in [-0.4, -0.2) is 70.6 Å². The Morgan fingerprint density at radius 1 is 0.920 bits per heavy atom. The summed E-state index contributed by atoms with van der Waals surface area (Å²) in [6.07, 6.45) is -0.408. The maximum absolute atomic E-state index is 12.0. The van der Waals surface area contributed by atoms with E-state index in [1.807, 2.05) is 0 Å². The van der Waals surface area contributed by atoms with E-state index in [9.17, 15) is 24.0 Å². The number of carboxylic acid groups (broad SMARTS) is 1. The summed E-state index contributed by atoms with van der Waals surface area (Å²) in [7, 11) is 0. The second-order valence-electron chi connectivity index (χ2n) is 5.32. The molecule has 142 valence electrons. The molecule has 0 saturated carbocycles. The van der Waals surface area contributed by atoms with Gasteiger partial charge in [-0.05, 0) is 13.8 Å². The van der Waals surface area contributed by atoms with Gasteiger partial charge in [-0.15, -0.1) is 0 Å². The minimum atomic E-state index is -1.41. The van der Waals surface area contributed by atoms with Crippen LogP contribution < -0.4 is 27.4 Å². The van der Waals surface area contributed by atoms with E-state index < -0.39 is 66.8 Å². The fraction of sp³-hybridized carbons (Fsp3) is 0.615. The molecule has 0 aliphatic heterocycles. The monoisotopic (exact) mass is 361 g/mol. The topological polar surface area (TPSA) is 214 Å². The van der Waals surface area contributed by atoms with Gasteiger partial charge in [-0.1, -0.05) is 0 Å². The molecular weight excluding hydrogens is 338 g/mol. The maximum Gasteiger partial charge on any atom is 0.325 e. The van der Waals surface area contributed by atoms with E-state index in [2.05, 4.69) is 16.0 Å². The highest BCUT2D eigenvalue weighted by atomic mass is 16.4. The first kappa shape index (κ1) is 22.3. The standard InChI is InChI=1S/C13H23N5O7/c1-5(16-11(22)7(14)3-9(15)20)10(21)18-8(4-19)12(23)17-6(2)13(24)25/h5-8,19H,3-4,14H2,1-2H3,(H2,15,20)(H,16,22)(H,17,23)(H,18,21)(H,24,25). The molecule has 0 aromatic carbocycles. The van der Waals surface area contributed by atoms with Crippen molar-refractivity contribution >= 4 is 29.6 Å². The molecule has 12 nitrogen and oxygen atoms in total. The molecule has 0 aliphatic carbocycles. The number of rotatable bonds is 10. The fourth-order valence-corrected chi connectivity index (χ4v) is 1.56. The summed E-state index contributed by atoms with van der Waals surface area (Å²) in [6, 6.07) is -5.00. The molecule has 0 spiro atoms. The maximum atomic E-state index is 12.0. The molecule has 25 heavy (non-hydrogen) atoms. The van der Waals surface area contributed by atoms with Gasteiger partial charge in [0.15, 0.2) is 0 Å². The highest BCUT2D eigenvalue weighted by Gasteiger charge is 2.27. The molecule has 4 atom stereocenters. The summed E-state index contributed by atoms with van der Waals surface area (Å²) >= 11 is 0. The quantitative estimate of drug-likeness (QED) is 0.202. The third-order valence-corrected chi connectivity index (χ3v) is 3.05. The van der Waals surface area contributed by atoms with Gasteiger partial charge in [0.25, 0.3) is 0 Å². The second-order valence-corrected chi connectivity index (χ2v) is 5.32. The Morgan fingerprint density at radius 2 is 1.44 bits per heavy atom. The predicted octanol–water partition coefficient (Wildman–Crippen LogP) is -4.24. The van der Waals surface area contributed by atoms with Gasteiger partial charge >= 0.3 is 5.97 Å². The SMILES string of the molecule is CC(NC(=O)C(CO)NC(=O)C(C)NC(=O)C(N)CC(N)=O)C(=O)O. The number of aliphatic hydroxyl groups excluding tert-OH is 1. The van der Waals surface area contributed by atoms with Crippen LogP contribution >= 0.6 is 0 Å². The number of primary amides is 1. The number of carbonyl (C=O) groups is 5. The number of carbonyl (C=O) groups excluding carboxylic acids is 4. The van der Waals surface area contributed by atoms with Crippen molar-refractivity contribution in [3.63, 3.8) is 0 Å². The normalized spacial score (nSPS) is 15.2. The van der Waals surface area contributed by atoms with Crippen LogP contribution in [0.1, 0.15) is 20.3 Å². The van der Waals surface area contributed by atoms with E-state index in [-0.39, 0.29) is 0 Å². The van der Waals surface area contributed by atoms with Crippen molar-refractivity contribution in [2.75, 3.05) is 6.61 Å². The zero-order chi connectivity index (χ0) is 19.7. The number of nitrogens with one attached hydrogen (secondary N) is 3. The number of aliphatic carboxylic acids is 1. The molecule has 0 saturated heterocycles. The Hall–Kier alpha value is -2.73. The van der Waals surface area contributed by atoms with Gasteiger partial charge in [-0.3, -0.25) is 24.0 Å². The molecule has 12 heteroatoms. The molecule has 0 fully saturated rings. The summed E-state index contributed by atoms with van der Waals surface area (Å²) in [6.45, 7) is 1.71. The average Bonchev–Trinajstić information content (AvgIpc) is 2.50. The van der Waals surface area contributed by atoms with Gasteiger partial charge in [0.2, 0.25) is 23.6 Å². The molecule has 0 bridgehead atoms. The van der Waals surface area contributed by atoms with Crippen molar-refractivity contribution in [1.29, 1.82) is 0 Å². The van der Waals surface area contributed by atoms with Crippen LogP contribution in [0.5, 0.6) is 0 Å². The minimum absolute atomic E-state index is 0.408. The first-order valence-electron chi connectivity index (χ1n) is 7.28. The van der Waals surface area contributed by atoms with Gasteiger partial charge in [0, 0.05) is 0 Å². The van der Waals surface area contributed by atoms with Gasteiger partial charge in [-0.2, -0.15) is 0 Å². The Balaban J connectivity index is 4.66. The van der Waals surface area contributed by atoms with Gasteiger partial charge < -0.3 is 37.6 Å². The predicted molar refractivity (Wildman–Crippen MR) is 83.6 cm³/mol. The lowest BCUT2D eigenvalue weighted by molar-refractivity contribution is -0.142. The molecule has 4 unspecified atom stereocenters. The molecule has 0 heterocycles. The second kappa shape index (κ2) is 10.2. The van der Waals surface area contributed by atoms with Crippen molar-refractivity contribution in [2.45, 2.75) is 44.4 Å². The van der Waals surface area contributed by atoms with Crippen molar-refractivity contribution in [3.05, 3.63) is 0 Å². The first-order valence-corrected chi connectivity index (χ1v) is 7.28. The molecule has 0 aromatic heterocycles. The minimum Gasteiger partial charge on any atom is -0.480 e.